The van der Waals surface area contributed by atoms with Gasteiger partial charge in [-0.05, 0) is 68.3 Å². The molecule has 0 spiro atoms. The first-order valence-electron chi connectivity index (χ1n) is 10.9. The number of fused-ring (bicyclic) bond motifs is 1. The van der Waals surface area contributed by atoms with Crippen LogP contribution < -0.4 is 16.4 Å². The summed E-state index contributed by atoms with van der Waals surface area (Å²) in [4.78, 5) is 17.9. The maximum Gasteiger partial charge on any atom is 0.255 e. The van der Waals surface area contributed by atoms with Crippen molar-refractivity contribution in [3.8, 4) is 11.3 Å². The summed E-state index contributed by atoms with van der Waals surface area (Å²) in [6.07, 6.45) is 1.87. The number of aromatic nitrogens is 2. The van der Waals surface area contributed by atoms with Gasteiger partial charge in [0.2, 0.25) is 0 Å². The van der Waals surface area contributed by atoms with Crippen LogP contribution in [0, 0.1) is 5.82 Å². The van der Waals surface area contributed by atoms with Crippen LogP contribution in [0.4, 0.5) is 10.2 Å². The molecule has 170 valence electrons. The predicted molar refractivity (Wildman–Crippen MR) is 129 cm³/mol. The molecule has 0 fully saturated rings. The quantitative estimate of drug-likeness (QED) is 0.400. The Balaban J connectivity index is 1.72. The molecule has 4 aromatic rings. The molecular weight excluding hydrogens is 417 g/mol. The number of rotatable bonds is 6. The van der Waals surface area contributed by atoms with Crippen molar-refractivity contribution in [2.24, 2.45) is 5.73 Å². The number of anilines is 1. The van der Waals surface area contributed by atoms with E-state index in [0.717, 1.165) is 22.5 Å². The first kappa shape index (κ1) is 22.5. The van der Waals surface area contributed by atoms with E-state index < -0.39 is 0 Å². The van der Waals surface area contributed by atoms with Crippen LogP contribution in [-0.2, 0) is 13.1 Å². The molecule has 1 amide bonds. The number of nitrogens with zero attached hydrogens (tertiary/aromatic N) is 2. The molecular formula is C26H28FN5O. The largest absolute Gasteiger partial charge is 0.365 e. The van der Waals surface area contributed by atoms with E-state index in [9.17, 15) is 9.18 Å². The standard InChI is InChI=1S/C26H28FN5O/c1-26(2,3)31-24-22(19-9-11-20(27)12-10-19)30-23-21(8-5-13-32(23)24)25(33)29-16-18-7-4-6-17(14-18)15-28/h4-14,31H,15-16,28H2,1-3H3,(H,29,33). The van der Waals surface area contributed by atoms with Gasteiger partial charge in [0, 0.05) is 30.4 Å². The Kier molecular flexibility index (Phi) is 6.16. The molecule has 2 heterocycles. The second-order valence-electron chi connectivity index (χ2n) is 9.01. The van der Waals surface area contributed by atoms with Crippen LogP contribution >= 0.6 is 0 Å². The van der Waals surface area contributed by atoms with E-state index in [1.54, 1.807) is 18.2 Å². The fraction of sp³-hybridized carbons (Fsp3) is 0.231. The number of nitrogens with one attached hydrogen (secondary N) is 2. The average molecular weight is 446 g/mol. The second-order valence-corrected chi connectivity index (χ2v) is 9.01. The number of halogens is 1. The summed E-state index contributed by atoms with van der Waals surface area (Å²) in [6, 6.07) is 17.6. The van der Waals surface area contributed by atoms with Gasteiger partial charge < -0.3 is 16.4 Å². The molecule has 0 radical (unpaired) electrons. The minimum atomic E-state index is -0.313. The molecule has 0 saturated heterocycles. The van der Waals surface area contributed by atoms with Gasteiger partial charge in [-0.25, -0.2) is 9.37 Å². The molecule has 2 aromatic carbocycles. The molecule has 4 rings (SSSR count). The maximum atomic E-state index is 13.5. The number of nitrogens with two attached hydrogens (primary N) is 1. The summed E-state index contributed by atoms with van der Waals surface area (Å²) < 4.78 is 15.4. The second kappa shape index (κ2) is 9.03. The minimum absolute atomic E-state index is 0.225. The minimum Gasteiger partial charge on any atom is -0.365 e. The first-order chi connectivity index (χ1) is 15.7. The van der Waals surface area contributed by atoms with Crippen LogP contribution in [0.15, 0.2) is 66.9 Å². The van der Waals surface area contributed by atoms with Crippen molar-refractivity contribution in [1.29, 1.82) is 0 Å². The highest BCUT2D eigenvalue weighted by Crippen LogP contribution is 2.32. The van der Waals surface area contributed by atoms with Gasteiger partial charge >= 0.3 is 0 Å². The molecule has 0 aliphatic heterocycles. The smallest absolute Gasteiger partial charge is 0.255 e. The number of carbonyl (C=O) groups excluding carboxylic acids is 1. The molecule has 0 aliphatic carbocycles. The van der Waals surface area contributed by atoms with Crippen LogP contribution in [0.25, 0.3) is 16.9 Å². The van der Waals surface area contributed by atoms with Gasteiger partial charge in [0.1, 0.15) is 17.3 Å². The van der Waals surface area contributed by atoms with E-state index in [1.165, 1.54) is 12.1 Å². The Bertz CT molecular complexity index is 1290. The van der Waals surface area contributed by atoms with Gasteiger partial charge in [-0.2, -0.15) is 0 Å². The van der Waals surface area contributed by atoms with Gasteiger partial charge in [-0.1, -0.05) is 24.3 Å². The van der Waals surface area contributed by atoms with Gasteiger partial charge in [0.15, 0.2) is 5.65 Å². The molecule has 0 atom stereocenters. The van der Waals surface area contributed by atoms with E-state index in [4.69, 9.17) is 10.7 Å². The lowest BCUT2D eigenvalue weighted by molar-refractivity contribution is 0.0952. The van der Waals surface area contributed by atoms with Crippen molar-refractivity contribution in [3.63, 3.8) is 0 Å². The third-order valence-corrected chi connectivity index (χ3v) is 5.19. The van der Waals surface area contributed by atoms with E-state index in [2.05, 4.69) is 10.6 Å². The van der Waals surface area contributed by atoms with Crippen LogP contribution in [0.5, 0.6) is 0 Å². The third kappa shape index (κ3) is 5.04. The van der Waals surface area contributed by atoms with Crippen molar-refractivity contribution in [2.45, 2.75) is 39.4 Å². The fourth-order valence-electron chi connectivity index (χ4n) is 3.67. The van der Waals surface area contributed by atoms with E-state index in [0.29, 0.717) is 30.0 Å². The molecule has 0 unspecified atom stereocenters. The lowest BCUT2D eigenvalue weighted by Crippen LogP contribution is -2.27. The number of benzene rings is 2. The lowest BCUT2D eigenvalue weighted by Gasteiger charge is -2.22. The topological polar surface area (TPSA) is 84.5 Å². The van der Waals surface area contributed by atoms with E-state index in [-0.39, 0.29) is 17.3 Å². The normalized spacial score (nSPS) is 11.5. The Morgan fingerprint density at radius 2 is 1.79 bits per heavy atom. The molecule has 4 N–H and O–H groups in total. The number of imidazole rings is 1. The fourth-order valence-corrected chi connectivity index (χ4v) is 3.67. The van der Waals surface area contributed by atoms with E-state index in [1.807, 2.05) is 61.7 Å². The summed E-state index contributed by atoms with van der Waals surface area (Å²) in [5, 5.41) is 6.47. The third-order valence-electron chi connectivity index (χ3n) is 5.19. The Morgan fingerprint density at radius 3 is 2.48 bits per heavy atom. The molecule has 0 bridgehead atoms. The molecule has 2 aromatic heterocycles. The Labute approximate surface area is 192 Å². The van der Waals surface area contributed by atoms with Crippen LogP contribution in [0.1, 0.15) is 42.3 Å². The summed E-state index contributed by atoms with van der Waals surface area (Å²) in [6.45, 7) is 6.98. The molecule has 33 heavy (non-hydrogen) atoms. The number of hydrogen-bond acceptors (Lipinski definition) is 4. The number of carbonyl (C=O) groups is 1. The number of amides is 1. The zero-order chi connectivity index (χ0) is 23.6. The van der Waals surface area contributed by atoms with Crippen molar-refractivity contribution in [3.05, 3.63) is 89.4 Å². The highest BCUT2D eigenvalue weighted by atomic mass is 19.1. The van der Waals surface area contributed by atoms with Crippen molar-refractivity contribution in [1.82, 2.24) is 14.7 Å². The number of pyridine rings is 1. The monoisotopic (exact) mass is 445 g/mol. The highest BCUT2D eigenvalue weighted by Gasteiger charge is 2.22. The zero-order valence-corrected chi connectivity index (χ0v) is 19.0. The van der Waals surface area contributed by atoms with Crippen molar-refractivity contribution >= 4 is 17.4 Å². The SMILES string of the molecule is CC(C)(C)Nc1c(-c2ccc(F)cc2)nc2c(C(=O)NCc3cccc(CN)c3)cccn12. The highest BCUT2D eigenvalue weighted by molar-refractivity contribution is 6.00. The van der Waals surface area contributed by atoms with Crippen molar-refractivity contribution in [2.75, 3.05) is 5.32 Å². The lowest BCUT2D eigenvalue weighted by atomic mass is 10.1. The molecule has 6 nitrogen and oxygen atoms in total. The maximum absolute atomic E-state index is 13.5. The summed E-state index contributed by atoms with van der Waals surface area (Å²) in [5.74, 6) is 0.206. The molecule has 0 saturated carbocycles. The average Bonchev–Trinajstić information content (AvgIpc) is 3.15. The van der Waals surface area contributed by atoms with Gasteiger partial charge in [-0.15, -0.1) is 0 Å². The Morgan fingerprint density at radius 1 is 1.06 bits per heavy atom. The molecule has 0 aliphatic rings. The first-order valence-corrected chi connectivity index (χ1v) is 10.9. The van der Waals surface area contributed by atoms with Crippen molar-refractivity contribution < 1.29 is 9.18 Å². The van der Waals surface area contributed by atoms with Crippen LogP contribution in [0.3, 0.4) is 0 Å². The number of hydrogen-bond donors (Lipinski definition) is 3. The van der Waals surface area contributed by atoms with Crippen LogP contribution in [0.2, 0.25) is 0 Å². The van der Waals surface area contributed by atoms with Gasteiger partial charge in [0.25, 0.3) is 5.91 Å². The summed E-state index contributed by atoms with van der Waals surface area (Å²) >= 11 is 0. The summed E-state index contributed by atoms with van der Waals surface area (Å²) in [7, 11) is 0. The van der Waals surface area contributed by atoms with Gasteiger partial charge in [-0.3, -0.25) is 9.20 Å². The van der Waals surface area contributed by atoms with Gasteiger partial charge in [0.05, 0.1) is 5.56 Å². The summed E-state index contributed by atoms with van der Waals surface area (Å²) in [5.41, 5.74) is 9.85. The predicted octanol–water partition coefficient (Wildman–Crippen LogP) is 4.74. The Hall–Kier alpha value is -3.71. The molecule has 7 heteroatoms. The van der Waals surface area contributed by atoms with Crippen LogP contribution in [-0.4, -0.2) is 20.8 Å². The zero-order valence-electron chi connectivity index (χ0n) is 19.0. The van der Waals surface area contributed by atoms with E-state index >= 15 is 0 Å².